The van der Waals surface area contributed by atoms with Gasteiger partial charge in [-0.25, -0.2) is 8.78 Å². The topological polar surface area (TPSA) is 18.5 Å². The molecule has 0 aromatic heterocycles. The maximum Gasteiger partial charge on any atom is 0.201 e. The second-order valence-electron chi connectivity index (χ2n) is 8.44. The van der Waals surface area contributed by atoms with Crippen molar-refractivity contribution in [3.8, 4) is 16.9 Å². The lowest BCUT2D eigenvalue weighted by Gasteiger charge is -2.29. The molecule has 1 fully saturated rings. The van der Waals surface area contributed by atoms with Crippen LogP contribution in [0.2, 0.25) is 0 Å². The van der Waals surface area contributed by atoms with E-state index in [1.807, 2.05) is 6.92 Å². The summed E-state index contributed by atoms with van der Waals surface area (Å²) in [6.07, 6.45) is 8.27. The van der Waals surface area contributed by atoms with Crippen molar-refractivity contribution in [1.29, 1.82) is 0 Å². The summed E-state index contributed by atoms with van der Waals surface area (Å²) >= 11 is 0. The fourth-order valence-corrected chi connectivity index (χ4v) is 4.11. The van der Waals surface area contributed by atoms with Crippen LogP contribution in [0, 0.1) is 23.4 Å². The highest BCUT2D eigenvalue weighted by molar-refractivity contribution is 5.66. The summed E-state index contributed by atoms with van der Waals surface area (Å²) in [5.74, 6) is -2.33. The Hall–Kier alpha value is -2.01. The maximum absolute atomic E-state index is 14.9. The zero-order valence-corrected chi connectivity index (χ0v) is 18.6. The molecular weight excluding hydrogens is 401 g/mol. The Balaban J connectivity index is 1.68. The van der Waals surface area contributed by atoms with Crippen molar-refractivity contribution in [2.45, 2.75) is 71.3 Å². The molecule has 3 rings (SSSR count). The Labute approximate surface area is 183 Å². The van der Waals surface area contributed by atoms with Crippen LogP contribution in [0.15, 0.2) is 30.3 Å². The minimum atomic E-state index is -1.09. The van der Waals surface area contributed by atoms with Gasteiger partial charge in [0.2, 0.25) is 5.82 Å². The lowest BCUT2D eigenvalue weighted by Crippen LogP contribution is -2.20. The summed E-state index contributed by atoms with van der Waals surface area (Å²) in [4.78, 5) is 0. The van der Waals surface area contributed by atoms with Gasteiger partial charge in [0.05, 0.1) is 19.3 Å². The van der Waals surface area contributed by atoms with E-state index in [0.717, 1.165) is 31.2 Å². The SMILES string of the molecule is CCCCCC1CCC(c2ccc(-c3ccc(OCCCC)c(F)c3F)c(F)c2)OC1. The van der Waals surface area contributed by atoms with E-state index in [2.05, 4.69) is 6.92 Å². The van der Waals surface area contributed by atoms with Crippen molar-refractivity contribution in [1.82, 2.24) is 0 Å². The quantitative estimate of drug-likeness (QED) is 0.353. The summed E-state index contributed by atoms with van der Waals surface area (Å²) < 4.78 is 55.1. The van der Waals surface area contributed by atoms with E-state index in [-0.39, 0.29) is 23.0 Å². The van der Waals surface area contributed by atoms with Gasteiger partial charge in [-0.1, -0.05) is 51.7 Å². The molecule has 0 bridgehead atoms. The maximum atomic E-state index is 14.9. The van der Waals surface area contributed by atoms with Crippen LogP contribution in [0.5, 0.6) is 5.75 Å². The van der Waals surface area contributed by atoms with Crippen molar-refractivity contribution in [3.63, 3.8) is 0 Å². The molecule has 0 amide bonds. The average Bonchev–Trinajstić information content (AvgIpc) is 2.78. The highest BCUT2D eigenvalue weighted by Crippen LogP contribution is 2.36. The van der Waals surface area contributed by atoms with E-state index in [1.54, 1.807) is 6.07 Å². The second-order valence-corrected chi connectivity index (χ2v) is 8.44. The van der Waals surface area contributed by atoms with Gasteiger partial charge in [-0.05, 0) is 55.4 Å². The first kappa shape index (κ1) is 23.6. The molecule has 0 N–H and O–H groups in total. The molecule has 2 unspecified atom stereocenters. The van der Waals surface area contributed by atoms with E-state index >= 15 is 0 Å². The molecule has 170 valence electrons. The Bertz CT molecular complexity index is 845. The van der Waals surface area contributed by atoms with Gasteiger partial charge in [0.15, 0.2) is 11.6 Å². The molecule has 0 spiro atoms. The number of rotatable bonds is 10. The first-order valence-corrected chi connectivity index (χ1v) is 11.6. The number of benzene rings is 2. The molecule has 2 atom stereocenters. The van der Waals surface area contributed by atoms with E-state index in [9.17, 15) is 13.2 Å². The van der Waals surface area contributed by atoms with E-state index in [0.29, 0.717) is 19.1 Å². The monoisotopic (exact) mass is 434 g/mol. The molecule has 0 saturated carbocycles. The summed E-state index contributed by atoms with van der Waals surface area (Å²) in [6.45, 7) is 5.19. The highest BCUT2D eigenvalue weighted by atomic mass is 19.2. The first-order valence-electron chi connectivity index (χ1n) is 11.6. The fraction of sp³-hybridized carbons (Fsp3) is 0.538. The van der Waals surface area contributed by atoms with Crippen molar-refractivity contribution < 1.29 is 22.6 Å². The first-order chi connectivity index (χ1) is 15.0. The molecular formula is C26H33F3O2. The second kappa shape index (κ2) is 11.6. The zero-order chi connectivity index (χ0) is 22.2. The van der Waals surface area contributed by atoms with Gasteiger partial charge < -0.3 is 9.47 Å². The Morgan fingerprint density at radius 3 is 2.35 bits per heavy atom. The summed E-state index contributed by atoms with van der Waals surface area (Å²) in [6, 6.07) is 7.39. The van der Waals surface area contributed by atoms with Gasteiger partial charge in [0, 0.05) is 11.1 Å². The number of hydrogen-bond acceptors (Lipinski definition) is 2. The Morgan fingerprint density at radius 2 is 1.68 bits per heavy atom. The third kappa shape index (κ3) is 6.03. The zero-order valence-electron chi connectivity index (χ0n) is 18.6. The lowest BCUT2D eigenvalue weighted by atomic mass is 9.90. The predicted molar refractivity (Wildman–Crippen MR) is 118 cm³/mol. The minimum Gasteiger partial charge on any atom is -0.490 e. The highest BCUT2D eigenvalue weighted by Gasteiger charge is 2.24. The fourth-order valence-electron chi connectivity index (χ4n) is 4.11. The molecule has 2 aromatic carbocycles. The standard InChI is InChI=1S/C26H33F3O2/c1-3-5-7-8-18-9-13-23(31-17-18)19-10-11-20(22(27)16-19)21-12-14-24(26(29)25(21)28)30-15-6-4-2/h10-12,14,16,18,23H,3-9,13,15,17H2,1-2H3. The molecule has 0 aliphatic carbocycles. The van der Waals surface area contributed by atoms with Crippen LogP contribution in [0.4, 0.5) is 13.2 Å². The Morgan fingerprint density at radius 1 is 0.903 bits per heavy atom. The van der Waals surface area contributed by atoms with Crippen LogP contribution in [0.1, 0.15) is 76.9 Å². The molecule has 1 saturated heterocycles. The van der Waals surface area contributed by atoms with Gasteiger partial charge in [-0.3, -0.25) is 0 Å². The van der Waals surface area contributed by atoms with Gasteiger partial charge in [-0.2, -0.15) is 4.39 Å². The molecule has 5 heteroatoms. The molecule has 1 heterocycles. The molecule has 1 aliphatic heterocycles. The predicted octanol–water partition coefficient (Wildman–Crippen LogP) is 8.00. The van der Waals surface area contributed by atoms with Crippen LogP contribution < -0.4 is 4.74 Å². The number of halogens is 3. The molecule has 1 aliphatic rings. The van der Waals surface area contributed by atoms with Gasteiger partial charge in [0.25, 0.3) is 0 Å². The summed E-state index contributed by atoms with van der Waals surface area (Å²) in [7, 11) is 0. The van der Waals surface area contributed by atoms with Crippen LogP contribution in [-0.4, -0.2) is 13.2 Å². The van der Waals surface area contributed by atoms with E-state index in [4.69, 9.17) is 9.47 Å². The largest absolute Gasteiger partial charge is 0.490 e. The smallest absolute Gasteiger partial charge is 0.201 e. The van der Waals surface area contributed by atoms with Crippen LogP contribution >= 0.6 is 0 Å². The van der Waals surface area contributed by atoms with Crippen LogP contribution in [-0.2, 0) is 4.74 Å². The van der Waals surface area contributed by atoms with Crippen molar-refractivity contribution in [2.75, 3.05) is 13.2 Å². The molecule has 0 radical (unpaired) electrons. The van der Waals surface area contributed by atoms with Gasteiger partial charge in [0.1, 0.15) is 5.82 Å². The van der Waals surface area contributed by atoms with Crippen molar-refractivity contribution in [2.24, 2.45) is 5.92 Å². The normalized spacial score (nSPS) is 18.9. The minimum absolute atomic E-state index is 0.0357. The van der Waals surface area contributed by atoms with Crippen LogP contribution in [0.3, 0.4) is 0 Å². The average molecular weight is 435 g/mol. The van der Waals surface area contributed by atoms with Gasteiger partial charge >= 0.3 is 0 Å². The number of unbranched alkanes of at least 4 members (excludes halogenated alkanes) is 3. The molecule has 2 aromatic rings. The van der Waals surface area contributed by atoms with E-state index < -0.39 is 17.5 Å². The molecule has 31 heavy (non-hydrogen) atoms. The number of ether oxygens (including phenoxy) is 2. The van der Waals surface area contributed by atoms with Crippen molar-refractivity contribution in [3.05, 3.63) is 53.3 Å². The van der Waals surface area contributed by atoms with Gasteiger partial charge in [-0.15, -0.1) is 0 Å². The Kier molecular flexibility index (Phi) is 8.82. The third-order valence-corrected chi connectivity index (χ3v) is 6.04. The van der Waals surface area contributed by atoms with Crippen LogP contribution in [0.25, 0.3) is 11.1 Å². The third-order valence-electron chi connectivity index (χ3n) is 6.04. The molecule has 2 nitrogen and oxygen atoms in total. The summed E-state index contributed by atoms with van der Waals surface area (Å²) in [5, 5.41) is 0. The number of hydrogen-bond donors (Lipinski definition) is 0. The lowest BCUT2D eigenvalue weighted by molar-refractivity contribution is -0.0200. The van der Waals surface area contributed by atoms with E-state index in [1.165, 1.54) is 49.9 Å². The summed E-state index contributed by atoms with van der Waals surface area (Å²) in [5.41, 5.74) is 0.673. The van der Waals surface area contributed by atoms with Crippen molar-refractivity contribution >= 4 is 0 Å².